The molecule has 0 saturated carbocycles. The molecule has 0 spiro atoms. The minimum atomic E-state index is -1.20. The molecule has 0 radical (unpaired) electrons. The molecule has 20 heavy (non-hydrogen) atoms. The third-order valence-corrected chi connectivity index (χ3v) is 4.09. The summed E-state index contributed by atoms with van der Waals surface area (Å²) in [6, 6.07) is 0. The number of aliphatic hydroxyl groups excluding tert-OH is 3. The standard InChI is InChI=1S/C12H21NO7/c1-12(13)2-7(19-11-10(12)20-11)18-6-4-17-5(3-14)8(15)9(6)16/h5-11,14-16H,2-4,13H2,1H3. The van der Waals surface area contributed by atoms with Crippen molar-refractivity contribution in [3.05, 3.63) is 0 Å². The van der Waals surface area contributed by atoms with E-state index in [1.807, 2.05) is 6.92 Å². The Morgan fingerprint density at radius 2 is 2.05 bits per heavy atom. The number of ether oxygens (including phenoxy) is 4. The average molecular weight is 291 g/mol. The Kier molecular flexibility index (Phi) is 3.76. The fraction of sp³-hybridized carbons (Fsp3) is 1.00. The molecule has 5 N–H and O–H groups in total. The first kappa shape index (κ1) is 14.6. The van der Waals surface area contributed by atoms with E-state index in [1.54, 1.807) is 0 Å². The van der Waals surface area contributed by atoms with E-state index >= 15 is 0 Å². The molecule has 3 fully saturated rings. The van der Waals surface area contributed by atoms with Gasteiger partial charge in [-0.3, -0.25) is 0 Å². The molecule has 8 atom stereocenters. The maximum atomic E-state index is 9.99. The second-order valence-corrected chi connectivity index (χ2v) is 5.91. The Bertz CT molecular complexity index is 366. The number of hydrogen-bond acceptors (Lipinski definition) is 8. The summed E-state index contributed by atoms with van der Waals surface area (Å²) in [7, 11) is 0. The van der Waals surface area contributed by atoms with Crippen molar-refractivity contribution in [2.75, 3.05) is 13.2 Å². The predicted molar refractivity (Wildman–Crippen MR) is 64.5 cm³/mol. The fourth-order valence-electron chi connectivity index (χ4n) is 2.75. The molecule has 8 unspecified atom stereocenters. The molecule has 3 aliphatic rings. The van der Waals surface area contributed by atoms with Crippen molar-refractivity contribution in [2.24, 2.45) is 5.73 Å². The SMILES string of the molecule is CC1(N)CC(OC2COC(CO)C(O)C2O)OC2OC21. The highest BCUT2D eigenvalue weighted by Gasteiger charge is 2.58. The van der Waals surface area contributed by atoms with E-state index in [0.717, 1.165) is 0 Å². The molecule has 0 aromatic carbocycles. The summed E-state index contributed by atoms with van der Waals surface area (Å²) in [5, 5.41) is 28.8. The summed E-state index contributed by atoms with van der Waals surface area (Å²) < 4.78 is 21.7. The van der Waals surface area contributed by atoms with Gasteiger partial charge in [-0.15, -0.1) is 0 Å². The Hall–Kier alpha value is -0.320. The van der Waals surface area contributed by atoms with E-state index in [-0.39, 0.29) is 25.6 Å². The molecule has 3 saturated heterocycles. The van der Waals surface area contributed by atoms with Crippen molar-refractivity contribution in [3.63, 3.8) is 0 Å². The van der Waals surface area contributed by atoms with Crippen molar-refractivity contribution in [1.29, 1.82) is 0 Å². The number of epoxide rings is 1. The number of hydrogen-bond donors (Lipinski definition) is 4. The van der Waals surface area contributed by atoms with Gasteiger partial charge in [-0.05, 0) is 6.92 Å². The van der Waals surface area contributed by atoms with Gasteiger partial charge in [0, 0.05) is 12.0 Å². The Balaban J connectivity index is 1.58. The molecule has 3 heterocycles. The van der Waals surface area contributed by atoms with E-state index in [1.165, 1.54) is 0 Å². The van der Waals surface area contributed by atoms with Crippen LogP contribution in [-0.2, 0) is 18.9 Å². The van der Waals surface area contributed by atoms with Gasteiger partial charge in [0.1, 0.15) is 30.5 Å². The van der Waals surface area contributed by atoms with Gasteiger partial charge in [0.05, 0.1) is 13.2 Å². The Morgan fingerprint density at radius 1 is 1.30 bits per heavy atom. The summed E-state index contributed by atoms with van der Waals surface area (Å²) >= 11 is 0. The van der Waals surface area contributed by atoms with Crippen LogP contribution in [0.3, 0.4) is 0 Å². The molecule has 116 valence electrons. The molecular formula is C12H21NO7. The van der Waals surface area contributed by atoms with Crippen LogP contribution in [0.1, 0.15) is 13.3 Å². The summed E-state index contributed by atoms with van der Waals surface area (Å²) in [6.07, 6.45) is -4.54. The van der Waals surface area contributed by atoms with Crippen molar-refractivity contribution >= 4 is 0 Å². The first-order valence-electron chi connectivity index (χ1n) is 6.76. The monoisotopic (exact) mass is 291 g/mol. The lowest BCUT2D eigenvalue weighted by Crippen LogP contribution is -2.57. The highest BCUT2D eigenvalue weighted by Crippen LogP contribution is 2.41. The molecule has 8 heteroatoms. The molecule has 0 aromatic rings. The number of nitrogens with two attached hydrogens (primary N) is 1. The van der Waals surface area contributed by atoms with E-state index in [0.29, 0.717) is 6.42 Å². The lowest BCUT2D eigenvalue weighted by Gasteiger charge is -2.40. The van der Waals surface area contributed by atoms with Gasteiger partial charge < -0.3 is 40.0 Å². The van der Waals surface area contributed by atoms with E-state index in [4.69, 9.17) is 29.8 Å². The quantitative estimate of drug-likeness (QED) is 0.427. The third kappa shape index (κ3) is 2.58. The number of rotatable bonds is 3. The zero-order valence-electron chi connectivity index (χ0n) is 11.2. The van der Waals surface area contributed by atoms with Crippen LogP contribution in [-0.4, -0.2) is 77.2 Å². The summed E-state index contributed by atoms with van der Waals surface area (Å²) in [5.41, 5.74) is 5.56. The van der Waals surface area contributed by atoms with Crippen LogP contribution in [0, 0.1) is 0 Å². The summed E-state index contributed by atoms with van der Waals surface area (Å²) in [4.78, 5) is 0. The van der Waals surface area contributed by atoms with Crippen molar-refractivity contribution in [1.82, 2.24) is 0 Å². The van der Waals surface area contributed by atoms with E-state index in [9.17, 15) is 10.2 Å². The lowest BCUT2D eigenvalue weighted by molar-refractivity contribution is -0.270. The van der Waals surface area contributed by atoms with Crippen LogP contribution >= 0.6 is 0 Å². The third-order valence-electron chi connectivity index (χ3n) is 4.09. The molecule has 0 amide bonds. The molecule has 0 bridgehead atoms. The smallest absolute Gasteiger partial charge is 0.189 e. The number of fused-ring (bicyclic) bond motifs is 1. The van der Waals surface area contributed by atoms with Crippen LogP contribution in [0.2, 0.25) is 0 Å². The second-order valence-electron chi connectivity index (χ2n) is 5.91. The van der Waals surface area contributed by atoms with E-state index < -0.39 is 36.2 Å². The molecule has 3 rings (SSSR count). The van der Waals surface area contributed by atoms with E-state index in [2.05, 4.69) is 0 Å². The van der Waals surface area contributed by atoms with Crippen LogP contribution < -0.4 is 5.73 Å². The Labute approximate surface area is 116 Å². The van der Waals surface area contributed by atoms with Crippen LogP contribution in [0.25, 0.3) is 0 Å². The highest BCUT2D eigenvalue weighted by atomic mass is 16.8. The van der Waals surface area contributed by atoms with Crippen LogP contribution in [0.5, 0.6) is 0 Å². The molecule has 0 aliphatic carbocycles. The van der Waals surface area contributed by atoms with Crippen molar-refractivity contribution in [3.8, 4) is 0 Å². The predicted octanol–water partition coefficient (Wildman–Crippen LogP) is -2.33. The first-order valence-corrected chi connectivity index (χ1v) is 6.76. The van der Waals surface area contributed by atoms with Gasteiger partial charge in [0.15, 0.2) is 12.6 Å². The molecule has 3 aliphatic heterocycles. The Morgan fingerprint density at radius 3 is 2.70 bits per heavy atom. The van der Waals surface area contributed by atoms with Crippen molar-refractivity contribution < 1.29 is 34.3 Å². The maximum Gasteiger partial charge on any atom is 0.189 e. The summed E-state index contributed by atoms with van der Waals surface area (Å²) in [6.45, 7) is 1.57. The minimum absolute atomic E-state index is 0.0690. The van der Waals surface area contributed by atoms with Crippen molar-refractivity contribution in [2.45, 2.75) is 62.0 Å². The van der Waals surface area contributed by atoms with Gasteiger partial charge in [0.25, 0.3) is 0 Å². The van der Waals surface area contributed by atoms with Gasteiger partial charge in [-0.1, -0.05) is 0 Å². The highest BCUT2D eigenvalue weighted by molar-refractivity contribution is 5.02. The van der Waals surface area contributed by atoms with Gasteiger partial charge in [0.2, 0.25) is 0 Å². The van der Waals surface area contributed by atoms with Gasteiger partial charge in [-0.2, -0.15) is 0 Å². The second kappa shape index (κ2) is 5.15. The van der Waals surface area contributed by atoms with Gasteiger partial charge >= 0.3 is 0 Å². The fourth-order valence-corrected chi connectivity index (χ4v) is 2.75. The lowest BCUT2D eigenvalue weighted by atomic mass is 9.92. The van der Waals surface area contributed by atoms with Crippen LogP contribution in [0.15, 0.2) is 0 Å². The normalized spacial score (nSPS) is 55.4. The maximum absolute atomic E-state index is 9.99. The summed E-state index contributed by atoms with van der Waals surface area (Å²) in [5.74, 6) is 0. The number of aliphatic hydroxyl groups is 3. The van der Waals surface area contributed by atoms with Gasteiger partial charge in [-0.25, -0.2) is 0 Å². The topological polar surface area (TPSA) is 127 Å². The molecule has 0 aromatic heterocycles. The average Bonchev–Trinajstić information content (AvgIpc) is 3.15. The molecule has 8 nitrogen and oxygen atoms in total. The zero-order valence-corrected chi connectivity index (χ0v) is 11.2. The molecular weight excluding hydrogens is 270 g/mol. The minimum Gasteiger partial charge on any atom is -0.394 e. The first-order chi connectivity index (χ1) is 9.42. The largest absolute Gasteiger partial charge is 0.394 e. The zero-order chi connectivity index (χ0) is 14.5. The van der Waals surface area contributed by atoms with Crippen LogP contribution in [0.4, 0.5) is 0 Å².